The maximum Gasteiger partial charge on any atom is 0.308 e. The summed E-state index contributed by atoms with van der Waals surface area (Å²) in [6, 6.07) is -1.13. The van der Waals surface area contributed by atoms with E-state index in [-0.39, 0.29) is 51.2 Å². The standard InChI is InChI=1S/C47H73FN2O16/c1-29-15-13-11-9-7-5-3-4-6-8-10-12-14-16-34(65-46-44(60)43(49)39(58)28-63-46)25-40-42(45(61)50-20-19-48)38(57)27-47(62,66-40)26-33(53)23-37(56)35(54)18-17-31(51)22-32(52)24-41(59)64-30(2)21-36(29)55/h3-16,29-40,42-44,46,51-58,60,62H,17-28,49H2,1-2H3,(H,50,61)/b4-3+,7-5+,8-6+,11-9+,12-10+,15-13+,16-14+/t29-,30-,31?,32?,33?,34?,35+,36-,37?,38-,39+,40-,42+,43-,44+,46-,47?/m0/s1. The zero-order chi connectivity index (χ0) is 48.8. The molecule has 3 rings (SSSR count). The molecule has 2 saturated heterocycles. The zero-order valence-corrected chi connectivity index (χ0v) is 37.7. The molecule has 0 aromatic heterocycles. The van der Waals surface area contributed by atoms with Gasteiger partial charge in [0.25, 0.3) is 0 Å². The van der Waals surface area contributed by atoms with E-state index in [0.717, 1.165) is 0 Å². The number of cyclic esters (lactones) is 1. The highest BCUT2D eigenvalue weighted by molar-refractivity contribution is 5.80. The van der Waals surface area contributed by atoms with E-state index >= 15 is 0 Å². The van der Waals surface area contributed by atoms with E-state index in [1.54, 1.807) is 79.8 Å². The molecule has 19 heteroatoms. The monoisotopic (exact) mass is 940 g/mol. The highest BCUT2D eigenvalue weighted by Gasteiger charge is 2.50. The summed E-state index contributed by atoms with van der Waals surface area (Å²) >= 11 is 0. The molecule has 17 atom stereocenters. The van der Waals surface area contributed by atoms with Crippen LogP contribution in [0.1, 0.15) is 71.6 Å². The Morgan fingerprint density at radius 1 is 0.742 bits per heavy atom. The first-order chi connectivity index (χ1) is 31.3. The molecule has 0 aromatic carbocycles. The Morgan fingerprint density at radius 3 is 1.97 bits per heavy atom. The summed E-state index contributed by atoms with van der Waals surface area (Å²) in [4.78, 5) is 25.8. The van der Waals surface area contributed by atoms with Gasteiger partial charge in [-0.25, -0.2) is 4.39 Å². The lowest BCUT2D eigenvalue weighted by atomic mass is 9.82. The molecule has 2 fully saturated rings. The van der Waals surface area contributed by atoms with Crippen LogP contribution in [0.25, 0.3) is 0 Å². The van der Waals surface area contributed by atoms with E-state index < -0.39 is 142 Å². The molecule has 374 valence electrons. The van der Waals surface area contributed by atoms with Crippen LogP contribution in [0.4, 0.5) is 4.39 Å². The van der Waals surface area contributed by atoms with Crippen molar-refractivity contribution >= 4 is 11.9 Å². The number of fused-ring (bicyclic) bond motifs is 2. The van der Waals surface area contributed by atoms with Crippen LogP contribution in [-0.4, -0.2) is 174 Å². The summed E-state index contributed by atoms with van der Waals surface area (Å²) in [6.45, 7) is 1.88. The van der Waals surface area contributed by atoms with Crippen LogP contribution in [0.3, 0.4) is 0 Å². The van der Waals surface area contributed by atoms with Crippen LogP contribution in [0, 0.1) is 11.8 Å². The Morgan fingerprint density at radius 2 is 1.35 bits per heavy atom. The third-order valence-electron chi connectivity index (χ3n) is 11.5. The van der Waals surface area contributed by atoms with Crippen LogP contribution in [0.5, 0.6) is 0 Å². The van der Waals surface area contributed by atoms with Gasteiger partial charge in [-0.3, -0.25) is 9.59 Å². The van der Waals surface area contributed by atoms with E-state index in [9.17, 15) is 65.0 Å². The van der Waals surface area contributed by atoms with Crippen molar-refractivity contribution in [2.75, 3.05) is 19.8 Å². The second-order valence-electron chi connectivity index (χ2n) is 17.3. The van der Waals surface area contributed by atoms with Gasteiger partial charge < -0.3 is 81.1 Å². The third-order valence-corrected chi connectivity index (χ3v) is 11.5. The molecule has 3 aliphatic rings. The number of allylic oxidation sites excluding steroid dienone is 12. The minimum Gasteiger partial charge on any atom is -0.462 e. The molecule has 2 bridgehead atoms. The Labute approximate surface area is 385 Å². The van der Waals surface area contributed by atoms with Crippen LogP contribution in [0.2, 0.25) is 0 Å². The first kappa shape index (κ1) is 56.8. The van der Waals surface area contributed by atoms with Gasteiger partial charge in [-0.15, -0.1) is 0 Å². The highest BCUT2D eigenvalue weighted by atomic mass is 19.1. The van der Waals surface area contributed by atoms with Gasteiger partial charge in [-0.05, 0) is 26.2 Å². The molecule has 0 radical (unpaired) electrons. The number of esters is 1. The maximum atomic E-state index is 13.3. The summed E-state index contributed by atoms with van der Waals surface area (Å²) in [5, 5.41) is 110. The predicted molar refractivity (Wildman–Crippen MR) is 239 cm³/mol. The fourth-order valence-corrected chi connectivity index (χ4v) is 7.80. The van der Waals surface area contributed by atoms with Crippen LogP contribution >= 0.6 is 0 Å². The van der Waals surface area contributed by atoms with E-state index in [1.807, 2.05) is 13.0 Å². The Bertz CT molecular complexity index is 1660. The lowest BCUT2D eigenvalue weighted by Crippen LogP contribution is -2.59. The number of halogens is 1. The van der Waals surface area contributed by atoms with Gasteiger partial charge in [-0.1, -0.05) is 92.0 Å². The number of ether oxygens (including phenoxy) is 4. The lowest BCUT2D eigenvalue weighted by Gasteiger charge is -2.45. The van der Waals surface area contributed by atoms with Crippen molar-refractivity contribution in [3.8, 4) is 0 Å². The molecule has 0 saturated carbocycles. The molecule has 1 amide bonds. The lowest BCUT2D eigenvalue weighted by molar-refractivity contribution is -0.304. The highest BCUT2D eigenvalue weighted by Crippen LogP contribution is 2.38. The Kier molecular flexibility index (Phi) is 25.3. The van der Waals surface area contributed by atoms with Crippen molar-refractivity contribution in [2.45, 2.75) is 163 Å². The largest absolute Gasteiger partial charge is 0.462 e. The fraction of sp³-hybridized carbons (Fsp3) is 0.660. The molecule has 13 N–H and O–H groups in total. The average Bonchev–Trinajstić information content (AvgIpc) is 3.23. The normalized spacial score (nSPS) is 42.7. The van der Waals surface area contributed by atoms with Gasteiger partial charge in [-0.2, -0.15) is 0 Å². The summed E-state index contributed by atoms with van der Waals surface area (Å²) in [5.41, 5.74) is 5.96. The van der Waals surface area contributed by atoms with E-state index in [2.05, 4.69) is 5.32 Å². The number of aliphatic hydroxyl groups excluding tert-OH is 9. The Hall–Kier alpha value is -3.51. The van der Waals surface area contributed by atoms with Gasteiger partial charge in [0.1, 0.15) is 18.9 Å². The molecular formula is C47H73FN2O16. The van der Waals surface area contributed by atoms with E-state index in [0.29, 0.717) is 0 Å². The molecule has 3 heterocycles. The van der Waals surface area contributed by atoms with Crippen molar-refractivity contribution in [3.05, 3.63) is 85.1 Å². The maximum absolute atomic E-state index is 13.3. The molecule has 0 aliphatic carbocycles. The second-order valence-corrected chi connectivity index (χ2v) is 17.3. The topological polar surface area (TPSA) is 311 Å². The van der Waals surface area contributed by atoms with Gasteiger partial charge >= 0.3 is 5.97 Å². The zero-order valence-electron chi connectivity index (χ0n) is 37.7. The smallest absolute Gasteiger partial charge is 0.308 e. The number of nitrogens with one attached hydrogen (secondary N) is 1. The van der Waals surface area contributed by atoms with Gasteiger partial charge in [0, 0.05) is 44.6 Å². The molecule has 0 spiro atoms. The SMILES string of the molecule is C[C@H]1C[C@H](O)[C@@H](C)/C=C/C=C/C=C/C=C/C=C/C=C/C=C/C(O[C@@H]2OC[C@@H](O)[C@H](N)[C@H]2O)C[C@@H]2OC(O)(CC(O)CC(O)[C@H](O)CCC(O)CC(O)CC(=O)O1)C[C@H](O)[C@H]2C(=O)NCCF. The summed E-state index contributed by atoms with van der Waals surface area (Å²) in [7, 11) is 0. The Balaban J connectivity index is 1.88. The van der Waals surface area contributed by atoms with Gasteiger partial charge in [0.15, 0.2) is 12.1 Å². The minimum atomic E-state index is -2.31. The van der Waals surface area contributed by atoms with Gasteiger partial charge in [0.05, 0.1) is 86.0 Å². The molecular weight excluding hydrogens is 868 g/mol. The number of aliphatic hydroxyl groups is 10. The van der Waals surface area contributed by atoms with Crippen molar-refractivity contribution in [2.24, 2.45) is 17.6 Å². The number of carbonyl (C=O) groups is 2. The van der Waals surface area contributed by atoms with Crippen LogP contribution < -0.4 is 11.1 Å². The van der Waals surface area contributed by atoms with Gasteiger partial charge in [0.2, 0.25) is 5.91 Å². The fourth-order valence-electron chi connectivity index (χ4n) is 7.80. The molecule has 66 heavy (non-hydrogen) atoms. The number of rotatable bonds is 5. The van der Waals surface area contributed by atoms with Crippen molar-refractivity contribution in [1.82, 2.24) is 5.32 Å². The summed E-state index contributed by atoms with van der Waals surface area (Å²) in [6.07, 6.45) is 4.86. The molecule has 6 unspecified atom stereocenters. The number of carbonyl (C=O) groups excluding carboxylic acids is 2. The number of nitrogens with two attached hydrogens (primary N) is 1. The number of alkyl halides is 1. The summed E-state index contributed by atoms with van der Waals surface area (Å²) < 4.78 is 36.2. The minimum absolute atomic E-state index is 0.108. The van der Waals surface area contributed by atoms with Crippen molar-refractivity contribution < 1.29 is 84.0 Å². The third kappa shape index (κ3) is 20.4. The van der Waals surface area contributed by atoms with E-state index in [4.69, 9.17) is 24.7 Å². The number of amides is 1. The van der Waals surface area contributed by atoms with Crippen LogP contribution in [0.15, 0.2) is 85.1 Å². The first-order valence-electron chi connectivity index (χ1n) is 22.6. The average molecular weight is 941 g/mol. The molecule has 0 aromatic rings. The molecule has 18 nitrogen and oxygen atoms in total. The van der Waals surface area contributed by atoms with Crippen LogP contribution in [-0.2, 0) is 28.5 Å². The molecule has 3 aliphatic heterocycles. The van der Waals surface area contributed by atoms with Crippen molar-refractivity contribution in [1.29, 1.82) is 0 Å². The number of hydrogen-bond acceptors (Lipinski definition) is 17. The van der Waals surface area contributed by atoms with E-state index in [1.165, 1.54) is 6.08 Å². The first-order valence-corrected chi connectivity index (χ1v) is 22.6. The second kappa shape index (κ2) is 29.4. The quantitative estimate of drug-likeness (QED) is 0.163. The van der Waals surface area contributed by atoms with Crippen molar-refractivity contribution in [3.63, 3.8) is 0 Å². The predicted octanol–water partition coefficient (Wildman–Crippen LogP) is 0.0783. The summed E-state index contributed by atoms with van der Waals surface area (Å²) in [5.74, 6) is -5.50. The number of hydrogen-bond donors (Lipinski definition) is 12.